The van der Waals surface area contributed by atoms with E-state index in [1.807, 2.05) is 0 Å². The lowest BCUT2D eigenvalue weighted by Gasteiger charge is -2.54. The molecule has 11 nitrogen and oxygen atoms in total. The largest absolute Gasteiger partial charge is 0.508 e. The second-order valence-corrected chi connectivity index (χ2v) is 10.1. The Kier molecular flexibility index (Phi) is 6.70. The number of aliphatic hydroxyl groups excluding tert-OH is 3. The molecule has 1 aromatic rings. The smallest absolute Gasteiger partial charge is 0.306 e. The number of aromatic hydroxyl groups is 1. The molecular weight excluding hydrogens is 484 g/mol. The van der Waals surface area contributed by atoms with Crippen molar-refractivity contribution in [1.82, 2.24) is 4.90 Å². The van der Waals surface area contributed by atoms with Crippen LogP contribution in [0.4, 0.5) is 0 Å². The minimum atomic E-state index is -2.88. The lowest BCUT2D eigenvalue weighted by molar-refractivity contribution is -0.185. The lowest BCUT2D eigenvalue weighted by Crippen LogP contribution is -2.71. The molecule has 200 valence electrons. The van der Waals surface area contributed by atoms with Crippen LogP contribution in [0.1, 0.15) is 43.7 Å². The minimum Gasteiger partial charge on any atom is -0.508 e. The number of phenolic OH excluding ortho intramolecular Hbond substituents is 1. The summed E-state index contributed by atoms with van der Waals surface area (Å²) in [6.45, 7) is 3.48. The first-order chi connectivity index (χ1) is 17.3. The van der Waals surface area contributed by atoms with E-state index in [-0.39, 0.29) is 23.3 Å². The summed E-state index contributed by atoms with van der Waals surface area (Å²) in [6.07, 6.45) is -2.94. The lowest BCUT2D eigenvalue weighted by atomic mass is 9.54. The van der Waals surface area contributed by atoms with Crippen LogP contribution in [0.2, 0.25) is 0 Å². The molecule has 1 aromatic carbocycles. The molecule has 11 heteroatoms. The number of hydrogen-bond acceptors (Lipinski definition) is 11. The highest BCUT2D eigenvalue weighted by atomic mass is 16.5. The van der Waals surface area contributed by atoms with E-state index in [4.69, 9.17) is 10.5 Å². The Morgan fingerprint density at radius 2 is 1.86 bits per heavy atom. The first-order valence-electron chi connectivity index (χ1n) is 12.1. The summed E-state index contributed by atoms with van der Waals surface area (Å²) >= 11 is 0. The van der Waals surface area contributed by atoms with E-state index in [1.165, 1.54) is 25.1 Å². The number of carbonyl (C=O) groups is 3. The predicted octanol–water partition coefficient (Wildman–Crippen LogP) is 0.639. The van der Waals surface area contributed by atoms with Crippen LogP contribution in [-0.4, -0.2) is 86.0 Å². The molecule has 7 N–H and O–H groups in total. The number of fused-ring (bicyclic) bond motifs is 3. The van der Waals surface area contributed by atoms with Crippen molar-refractivity contribution in [3.05, 3.63) is 46.2 Å². The SMILES string of the molecule is CCCC(=O)O[C@H]1[C@H]2C(=C(O)c3c(O)cccc3[C@@H]2C)C(=O)[C@]2(O)C(O)=C(C(N)O)C(=O)[C@@H](N(C)C)[C@H]12. The summed E-state index contributed by atoms with van der Waals surface area (Å²) in [5, 5.41) is 54.9. The van der Waals surface area contributed by atoms with Crippen molar-refractivity contribution in [2.45, 2.75) is 56.6 Å². The zero-order valence-electron chi connectivity index (χ0n) is 21.0. The number of aliphatic hydroxyl groups is 4. The first-order valence-corrected chi connectivity index (χ1v) is 12.1. The molecule has 1 saturated carbocycles. The number of phenols is 1. The van der Waals surface area contributed by atoms with Crippen LogP contribution >= 0.6 is 0 Å². The van der Waals surface area contributed by atoms with Gasteiger partial charge in [-0.1, -0.05) is 26.0 Å². The molecule has 0 saturated heterocycles. The third-order valence-electron chi connectivity index (χ3n) is 7.77. The Morgan fingerprint density at radius 3 is 2.43 bits per heavy atom. The van der Waals surface area contributed by atoms with Crippen LogP contribution in [-0.2, 0) is 19.1 Å². The molecule has 0 heterocycles. The number of esters is 1. The third-order valence-corrected chi connectivity index (χ3v) is 7.77. The van der Waals surface area contributed by atoms with E-state index < -0.39 is 76.4 Å². The molecular formula is C26H32N2O9. The van der Waals surface area contributed by atoms with Gasteiger partial charge in [-0.25, -0.2) is 0 Å². The second kappa shape index (κ2) is 9.25. The quantitative estimate of drug-likeness (QED) is 0.238. The number of benzene rings is 1. The molecule has 1 unspecified atom stereocenters. The molecule has 1 fully saturated rings. The molecule has 7 atom stereocenters. The maximum atomic E-state index is 14.1. The van der Waals surface area contributed by atoms with Gasteiger partial charge in [0.25, 0.3) is 0 Å². The fourth-order valence-electron chi connectivity index (χ4n) is 6.18. The summed E-state index contributed by atoms with van der Waals surface area (Å²) in [5.41, 5.74) is 2.01. The molecule has 0 aromatic heterocycles. The Labute approximate surface area is 213 Å². The highest BCUT2D eigenvalue weighted by Gasteiger charge is 2.69. The van der Waals surface area contributed by atoms with Gasteiger partial charge >= 0.3 is 5.97 Å². The van der Waals surface area contributed by atoms with Crippen molar-refractivity contribution >= 4 is 23.3 Å². The fourth-order valence-corrected chi connectivity index (χ4v) is 6.18. The number of likely N-dealkylation sites (N-methyl/N-ethyl adjacent to an activating group) is 1. The standard InChI is InChI=1S/C26H32N2O9/c1-5-7-13(30)37-22-14-10(2)11-8-6-9-12(29)15(11)20(31)16(14)23(33)26(36)18(22)19(28(3)4)21(32)17(24(26)34)25(27)35/h6,8-10,14,18-19,22,25,29,31,34-36H,5,7,27H2,1-4H3/t10-,14+,18+,19-,22-,25?,26-/m0/s1. The van der Waals surface area contributed by atoms with Gasteiger partial charge in [-0.05, 0) is 38.1 Å². The van der Waals surface area contributed by atoms with E-state index in [9.17, 15) is 39.9 Å². The maximum absolute atomic E-state index is 14.1. The third kappa shape index (κ3) is 3.68. The molecule has 0 aliphatic heterocycles. The number of nitrogens with two attached hydrogens (primary N) is 1. The van der Waals surface area contributed by atoms with Crippen LogP contribution in [0.15, 0.2) is 35.1 Å². The van der Waals surface area contributed by atoms with Gasteiger partial charge in [-0.2, -0.15) is 0 Å². The number of ether oxygens (including phenoxy) is 1. The molecule has 3 aliphatic rings. The van der Waals surface area contributed by atoms with Crippen LogP contribution in [0.3, 0.4) is 0 Å². The minimum absolute atomic E-state index is 0.00820. The molecule has 37 heavy (non-hydrogen) atoms. The van der Waals surface area contributed by atoms with Gasteiger partial charge in [0.15, 0.2) is 11.4 Å². The average Bonchev–Trinajstić information content (AvgIpc) is 2.80. The van der Waals surface area contributed by atoms with E-state index in [0.29, 0.717) is 12.0 Å². The zero-order valence-corrected chi connectivity index (χ0v) is 21.0. The van der Waals surface area contributed by atoms with Gasteiger partial charge in [0.05, 0.1) is 23.1 Å². The van der Waals surface area contributed by atoms with E-state index >= 15 is 0 Å². The summed E-state index contributed by atoms with van der Waals surface area (Å²) in [6, 6.07) is 3.21. The van der Waals surface area contributed by atoms with Gasteiger partial charge in [-0.15, -0.1) is 0 Å². The Bertz CT molecular complexity index is 1230. The summed E-state index contributed by atoms with van der Waals surface area (Å²) in [4.78, 5) is 41.7. The summed E-state index contributed by atoms with van der Waals surface area (Å²) in [5.74, 6) is -7.89. The van der Waals surface area contributed by atoms with Gasteiger partial charge in [0.1, 0.15) is 29.6 Å². The van der Waals surface area contributed by atoms with Crippen LogP contribution < -0.4 is 5.73 Å². The fraction of sp³-hybridized carbons (Fsp3) is 0.500. The first kappa shape index (κ1) is 26.8. The van der Waals surface area contributed by atoms with Gasteiger partial charge in [0.2, 0.25) is 5.78 Å². The van der Waals surface area contributed by atoms with Crippen molar-refractivity contribution in [3.63, 3.8) is 0 Å². The number of carbonyl (C=O) groups excluding carboxylic acids is 3. The number of rotatable bonds is 5. The summed E-state index contributed by atoms with van der Waals surface area (Å²) in [7, 11) is 3.00. The van der Waals surface area contributed by atoms with E-state index in [0.717, 1.165) is 0 Å². The topological polar surface area (TPSA) is 191 Å². The number of ketones is 2. The average molecular weight is 517 g/mol. The molecule has 4 rings (SSSR count). The van der Waals surface area contributed by atoms with Gasteiger partial charge in [-0.3, -0.25) is 19.3 Å². The highest BCUT2D eigenvalue weighted by Crippen LogP contribution is 2.57. The number of nitrogens with zero attached hydrogens (tertiary/aromatic N) is 1. The van der Waals surface area contributed by atoms with E-state index in [1.54, 1.807) is 26.0 Å². The highest BCUT2D eigenvalue weighted by molar-refractivity contribution is 6.14. The van der Waals surface area contributed by atoms with Crippen molar-refractivity contribution < 1.29 is 44.7 Å². The zero-order chi connectivity index (χ0) is 27.6. The molecule has 0 bridgehead atoms. The van der Waals surface area contributed by atoms with Crippen LogP contribution in [0, 0.1) is 11.8 Å². The predicted molar refractivity (Wildman–Crippen MR) is 130 cm³/mol. The Balaban J connectivity index is 2.09. The monoisotopic (exact) mass is 516 g/mol. The Morgan fingerprint density at radius 1 is 1.22 bits per heavy atom. The maximum Gasteiger partial charge on any atom is 0.306 e. The van der Waals surface area contributed by atoms with Crippen LogP contribution in [0.25, 0.3) is 5.76 Å². The van der Waals surface area contributed by atoms with Crippen molar-refractivity contribution in [2.24, 2.45) is 17.6 Å². The molecule has 0 radical (unpaired) electrons. The second-order valence-electron chi connectivity index (χ2n) is 10.1. The Hall–Kier alpha value is -3.25. The number of Topliss-reactive ketones (excluding diaryl/α,β-unsaturated/α-hetero) is 2. The van der Waals surface area contributed by atoms with Crippen molar-refractivity contribution in [3.8, 4) is 5.75 Å². The summed E-state index contributed by atoms with van der Waals surface area (Å²) < 4.78 is 5.86. The molecule has 0 spiro atoms. The van der Waals surface area contributed by atoms with Crippen molar-refractivity contribution in [2.75, 3.05) is 14.1 Å². The van der Waals surface area contributed by atoms with Crippen molar-refractivity contribution in [1.29, 1.82) is 0 Å². The normalized spacial score (nSPS) is 32.2. The molecule has 3 aliphatic carbocycles. The molecule has 0 amide bonds. The van der Waals surface area contributed by atoms with Crippen LogP contribution in [0.5, 0.6) is 5.75 Å². The number of hydrogen-bond donors (Lipinski definition) is 6. The van der Waals surface area contributed by atoms with Gasteiger partial charge in [0, 0.05) is 17.9 Å². The van der Waals surface area contributed by atoms with E-state index in [2.05, 4.69) is 0 Å². The van der Waals surface area contributed by atoms with Gasteiger partial charge < -0.3 is 36.0 Å².